The largest absolute Gasteiger partial charge is 0.493 e. The highest BCUT2D eigenvalue weighted by molar-refractivity contribution is 8.14. The van der Waals surface area contributed by atoms with Crippen LogP contribution in [0.1, 0.15) is 18.9 Å². The molecule has 2 rings (SSSR count). The summed E-state index contributed by atoms with van der Waals surface area (Å²) < 4.78 is 10.5. The van der Waals surface area contributed by atoms with Crippen molar-refractivity contribution in [1.82, 2.24) is 4.90 Å². The van der Waals surface area contributed by atoms with E-state index in [0.29, 0.717) is 31.0 Å². The van der Waals surface area contributed by atoms with Crippen LogP contribution in [0.3, 0.4) is 0 Å². The average Bonchev–Trinajstić information content (AvgIpc) is 2.77. The minimum atomic E-state index is 0.0563. The summed E-state index contributed by atoms with van der Waals surface area (Å²) >= 11 is 1.25. The summed E-state index contributed by atoms with van der Waals surface area (Å²) in [6, 6.07) is 5.62. The van der Waals surface area contributed by atoms with Crippen molar-refractivity contribution in [2.24, 2.45) is 0 Å². The summed E-state index contributed by atoms with van der Waals surface area (Å²) in [5.74, 6) is 1.40. The highest BCUT2D eigenvalue weighted by Crippen LogP contribution is 2.30. The molecule has 6 heteroatoms. The maximum Gasteiger partial charge on any atom is 0.224 e. The molecule has 0 aromatic heterocycles. The van der Waals surface area contributed by atoms with Gasteiger partial charge in [-0.15, -0.1) is 0 Å². The molecule has 1 atom stereocenters. The van der Waals surface area contributed by atoms with Crippen LogP contribution in [0.2, 0.25) is 0 Å². The number of carbonyl (C=O) groups is 2. The molecule has 114 valence electrons. The van der Waals surface area contributed by atoms with Gasteiger partial charge in [0.15, 0.2) is 16.6 Å². The van der Waals surface area contributed by atoms with Crippen molar-refractivity contribution in [2.45, 2.75) is 25.1 Å². The lowest BCUT2D eigenvalue weighted by atomic mass is 10.2. The third kappa shape index (κ3) is 3.91. The summed E-state index contributed by atoms with van der Waals surface area (Å²) in [6.45, 7) is 2.66. The molecule has 1 amide bonds. The van der Waals surface area contributed by atoms with Gasteiger partial charge in [-0.1, -0.05) is 17.8 Å². The lowest BCUT2D eigenvalue weighted by Gasteiger charge is -2.17. The second kappa shape index (κ2) is 6.85. The molecule has 0 N–H and O–H groups in total. The van der Waals surface area contributed by atoms with Gasteiger partial charge in [0.1, 0.15) is 0 Å². The summed E-state index contributed by atoms with van der Waals surface area (Å²) in [4.78, 5) is 24.9. The molecule has 1 fully saturated rings. The van der Waals surface area contributed by atoms with Gasteiger partial charge in [-0.3, -0.25) is 9.59 Å². The molecular weight excluding hydrogens is 290 g/mol. The molecule has 21 heavy (non-hydrogen) atoms. The number of likely N-dealkylation sites (tertiary alicyclic amines) is 1. The van der Waals surface area contributed by atoms with Gasteiger partial charge in [-0.2, -0.15) is 0 Å². The van der Waals surface area contributed by atoms with E-state index in [1.165, 1.54) is 18.7 Å². The average molecular weight is 309 g/mol. The molecule has 1 aromatic carbocycles. The quantitative estimate of drug-likeness (QED) is 0.833. The topological polar surface area (TPSA) is 55.8 Å². The smallest absolute Gasteiger partial charge is 0.224 e. The molecule has 1 aromatic rings. The Morgan fingerprint density at radius 3 is 2.67 bits per heavy atom. The monoisotopic (exact) mass is 309 g/mol. The fourth-order valence-electron chi connectivity index (χ4n) is 2.40. The van der Waals surface area contributed by atoms with Gasteiger partial charge < -0.3 is 14.4 Å². The van der Waals surface area contributed by atoms with Gasteiger partial charge >= 0.3 is 0 Å². The normalized spacial score (nSPS) is 18.0. The van der Waals surface area contributed by atoms with Crippen LogP contribution < -0.4 is 9.47 Å². The van der Waals surface area contributed by atoms with Gasteiger partial charge in [0, 0.05) is 31.7 Å². The zero-order valence-electron chi connectivity index (χ0n) is 12.4. The van der Waals surface area contributed by atoms with Crippen molar-refractivity contribution in [3.05, 3.63) is 23.8 Å². The third-order valence-corrected chi connectivity index (χ3v) is 4.31. The number of methoxy groups -OCH3 is 2. The standard InChI is InChI=1S/C15H19NO4S/c1-10(17)21-12-7-15(18)16(9-12)8-11-4-5-13(19-2)14(6-11)20-3/h4-6,12H,7-9H2,1-3H3. The molecular formula is C15H19NO4S. The number of hydrogen-bond donors (Lipinski definition) is 0. The maximum atomic E-state index is 12.0. The molecule has 5 nitrogen and oxygen atoms in total. The van der Waals surface area contributed by atoms with Crippen molar-refractivity contribution in [2.75, 3.05) is 20.8 Å². The van der Waals surface area contributed by atoms with Gasteiger partial charge in [0.25, 0.3) is 0 Å². The predicted octanol–water partition coefficient (Wildman–Crippen LogP) is 2.08. The number of thioether (sulfide) groups is 1. The van der Waals surface area contributed by atoms with Crippen LogP contribution in [0.15, 0.2) is 18.2 Å². The Labute approximate surface area is 128 Å². The fourth-order valence-corrected chi connectivity index (χ4v) is 3.35. The molecule has 1 saturated heterocycles. The Kier molecular flexibility index (Phi) is 5.12. The molecule has 0 radical (unpaired) electrons. The van der Waals surface area contributed by atoms with E-state index in [-0.39, 0.29) is 16.3 Å². The molecule has 0 saturated carbocycles. The second-order valence-electron chi connectivity index (χ2n) is 4.90. The van der Waals surface area contributed by atoms with Crippen LogP contribution >= 0.6 is 11.8 Å². The molecule has 0 spiro atoms. The van der Waals surface area contributed by atoms with Crippen LogP contribution in [0.4, 0.5) is 0 Å². The van der Waals surface area contributed by atoms with E-state index in [1.807, 2.05) is 18.2 Å². The lowest BCUT2D eigenvalue weighted by Crippen LogP contribution is -2.25. The molecule has 0 aliphatic carbocycles. The zero-order valence-corrected chi connectivity index (χ0v) is 13.2. The van der Waals surface area contributed by atoms with Crippen molar-refractivity contribution >= 4 is 22.8 Å². The van der Waals surface area contributed by atoms with E-state index in [4.69, 9.17) is 9.47 Å². The Bertz CT molecular complexity index is 546. The highest BCUT2D eigenvalue weighted by atomic mass is 32.2. The first-order valence-electron chi connectivity index (χ1n) is 6.69. The number of hydrogen-bond acceptors (Lipinski definition) is 5. The van der Waals surface area contributed by atoms with Gasteiger partial charge in [0.05, 0.1) is 14.2 Å². The summed E-state index contributed by atoms with van der Waals surface area (Å²) in [7, 11) is 3.17. The Hall–Kier alpha value is -1.69. The summed E-state index contributed by atoms with van der Waals surface area (Å²) in [5, 5.41) is 0.121. The number of rotatable bonds is 5. The summed E-state index contributed by atoms with van der Waals surface area (Å²) in [5.41, 5.74) is 0.981. The van der Waals surface area contributed by atoms with E-state index in [0.717, 1.165) is 5.56 Å². The molecule has 1 aliphatic rings. The first kappa shape index (κ1) is 15.7. The van der Waals surface area contributed by atoms with Crippen molar-refractivity contribution < 1.29 is 19.1 Å². The van der Waals surface area contributed by atoms with E-state index >= 15 is 0 Å². The molecule has 1 heterocycles. The van der Waals surface area contributed by atoms with Crippen LogP contribution in [0.25, 0.3) is 0 Å². The van der Waals surface area contributed by atoms with E-state index in [1.54, 1.807) is 19.1 Å². The van der Waals surface area contributed by atoms with Crippen LogP contribution in [0.5, 0.6) is 11.5 Å². The van der Waals surface area contributed by atoms with Gasteiger partial charge in [-0.25, -0.2) is 0 Å². The molecule has 0 bridgehead atoms. The van der Waals surface area contributed by atoms with Crippen LogP contribution in [-0.2, 0) is 16.1 Å². The number of amides is 1. The third-order valence-electron chi connectivity index (χ3n) is 3.33. The summed E-state index contributed by atoms with van der Waals surface area (Å²) in [6.07, 6.45) is 0.428. The van der Waals surface area contributed by atoms with E-state index in [2.05, 4.69) is 0 Å². The van der Waals surface area contributed by atoms with Gasteiger partial charge in [0.2, 0.25) is 5.91 Å². The number of nitrogens with zero attached hydrogens (tertiary/aromatic N) is 1. The second-order valence-corrected chi connectivity index (χ2v) is 6.38. The number of ether oxygens (including phenoxy) is 2. The van der Waals surface area contributed by atoms with Crippen LogP contribution in [0, 0.1) is 0 Å². The molecule has 1 unspecified atom stereocenters. The number of carbonyl (C=O) groups excluding carboxylic acids is 2. The predicted molar refractivity (Wildman–Crippen MR) is 81.6 cm³/mol. The minimum absolute atomic E-state index is 0.0563. The minimum Gasteiger partial charge on any atom is -0.493 e. The van der Waals surface area contributed by atoms with Crippen molar-refractivity contribution in [1.29, 1.82) is 0 Å². The first-order chi connectivity index (χ1) is 10.0. The van der Waals surface area contributed by atoms with Gasteiger partial charge in [-0.05, 0) is 17.7 Å². The SMILES string of the molecule is COc1ccc(CN2CC(SC(C)=O)CC2=O)cc1OC. The lowest BCUT2D eigenvalue weighted by molar-refractivity contribution is -0.128. The van der Waals surface area contributed by atoms with Crippen LogP contribution in [-0.4, -0.2) is 41.9 Å². The Morgan fingerprint density at radius 2 is 2.05 bits per heavy atom. The molecule has 1 aliphatic heterocycles. The zero-order chi connectivity index (χ0) is 15.4. The Balaban J connectivity index is 2.05. The van der Waals surface area contributed by atoms with E-state index in [9.17, 15) is 9.59 Å². The maximum absolute atomic E-state index is 12.0. The fraction of sp³-hybridized carbons (Fsp3) is 0.467. The Morgan fingerprint density at radius 1 is 1.33 bits per heavy atom. The highest BCUT2D eigenvalue weighted by Gasteiger charge is 2.30. The first-order valence-corrected chi connectivity index (χ1v) is 7.57. The van der Waals surface area contributed by atoms with Crippen molar-refractivity contribution in [3.63, 3.8) is 0 Å². The number of benzene rings is 1. The van der Waals surface area contributed by atoms with Crippen molar-refractivity contribution in [3.8, 4) is 11.5 Å². The van der Waals surface area contributed by atoms with E-state index < -0.39 is 0 Å².